The van der Waals surface area contributed by atoms with Gasteiger partial charge in [-0.05, 0) is 47.9 Å². The van der Waals surface area contributed by atoms with Gasteiger partial charge in [0.2, 0.25) is 12.3 Å². The van der Waals surface area contributed by atoms with Crippen LogP contribution in [0.2, 0.25) is 0 Å². The number of hydrogen-bond donors (Lipinski definition) is 3. The predicted octanol–water partition coefficient (Wildman–Crippen LogP) is 3.33. The second-order valence-electron chi connectivity index (χ2n) is 8.27. The van der Waals surface area contributed by atoms with Crippen molar-refractivity contribution < 1.29 is 19.5 Å². The summed E-state index contributed by atoms with van der Waals surface area (Å²) in [4.78, 5) is 37.0. The second-order valence-corrected chi connectivity index (χ2v) is 9.38. The van der Waals surface area contributed by atoms with Crippen LogP contribution in [-0.2, 0) is 20.8 Å². The van der Waals surface area contributed by atoms with Crippen LogP contribution in [0.1, 0.15) is 31.2 Å². The molecule has 2 aromatic rings. The smallest absolute Gasteiger partial charge is 0.326 e. The summed E-state index contributed by atoms with van der Waals surface area (Å²) in [6.07, 6.45) is 3.48. The van der Waals surface area contributed by atoms with E-state index in [0.29, 0.717) is 32.2 Å². The van der Waals surface area contributed by atoms with E-state index >= 15 is 0 Å². The Labute approximate surface area is 197 Å². The van der Waals surface area contributed by atoms with Crippen molar-refractivity contribution in [2.45, 2.75) is 43.4 Å². The fourth-order valence-corrected chi connectivity index (χ4v) is 5.39. The van der Waals surface area contributed by atoms with E-state index in [-0.39, 0.29) is 11.2 Å². The highest BCUT2D eigenvalue weighted by Gasteiger charge is 2.32. The number of nitrogens with zero attached hydrogens (tertiary/aromatic N) is 1. The first kappa shape index (κ1) is 22.9. The maximum Gasteiger partial charge on any atom is 0.326 e. The van der Waals surface area contributed by atoms with Gasteiger partial charge in [-0.2, -0.15) is 0 Å². The molecule has 8 heteroatoms. The van der Waals surface area contributed by atoms with E-state index in [4.69, 9.17) is 0 Å². The van der Waals surface area contributed by atoms with Crippen LogP contribution < -0.4 is 10.0 Å². The number of allylic oxidation sites excluding steroid dienone is 2. The highest BCUT2D eigenvalue weighted by atomic mass is 32.2. The first-order valence-electron chi connectivity index (χ1n) is 11.1. The summed E-state index contributed by atoms with van der Waals surface area (Å²) in [5.41, 5.74) is 5.25. The average molecular weight is 466 g/mol. The van der Waals surface area contributed by atoms with Gasteiger partial charge in [-0.1, -0.05) is 54.6 Å². The summed E-state index contributed by atoms with van der Waals surface area (Å²) in [6, 6.07) is 17.3. The highest BCUT2D eigenvalue weighted by Crippen LogP contribution is 2.35. The number of likely N-dealkylation sites (tertiary alicyclic amines) is 1. The first-order valence-corrected chi connectivity index (χ1v) is 11.9. The zero-order valence-corrected chi connectivity index (χ0v) is 19.0. The van der Waals surface area contributed by atoms with Crippen molar-refractivity contribution in [1.82, 2.24) is 14.9 Å². The number of aliphatic carboxylic acids is 1. The molecule has 2 aliphatic heterocycles. The molecule has 2 saturated heterocycles. The van der Waals surface area contributed by atoms with Crippen molar-refractivity contribution in [3.05, 3.63) is 71.6 Å². The minimum Gasteiger partial charge on any atom is -0.480 e. The maximum absolute atomic E-state index is 13.1. The number of hydrogen-bond acceptors (Lipinski definition) is 5. The molecule has 33 heavy (non-hydrogen) atoms. The molecule has 0 bridgehead atoms. The number of benzene rings is 2. The molecule has 0 radical (unpaired) electrons. The monoisotopic (exact) mass is 465 g/mol. The van der Waals surface area contributed by atoms with Crippen molar-refractivity contribution in [3.8, 4) is 11.1 Å². The van der Waals surface area contributed by atoms with Crippen LogP contribution in [0, 0.1) is 0 Å². The van der Waals surface area contributed by atoms with Crippen LogP contribution in [0.3, 0.4) is 0 Å². The molecule has 172 valence electrons. The lowest BCUT2D eigenvalue weighted by Gasteiger charge is -2.20. The number of carboxylic acids is 1. The number of nitrogens with one attached hydrogen (secondary N) is 2. The molecule has 0 saturated carbocycles. The number of carbonyl (C=O) groups excluding carboxylic acids is 2. The molecule has 4 rings (SSSR count). The molecule has 0 aliphatic carbocycles. The predicted molar refractivity (Wildman–Crippen MR) is 128 cm³/mol. The van der Waals surface area contributed by atoms with E-state index in [1.807, 2.05) is 47.4 Å². The molecule has 2 amide bonds. The third-order valence-electron chi connectivity index (χ3n) is 6.03. The summed E-state index contributed by atoms with van der Waals surface area (Å²) >= 11 is 1.46. The minimum atomic E-state index is -1.04. The summed E-state index contributed by atoms with van der Waals surface area (Å²) in [5.74, 6) is -0.969. The highest BCUT2D eigenvalue weighted by molar-refractivity contribution is 7.98. The van der Waals surface area contributed by atoms with Gasteiger partial charge >= 0.3 is 5.97 Å². The molecule has 3 N–H and O–H groups in total. The Morgan fingerprint density at radius 2 is 1.88 bits per heavy atom. The van der Waals surface area contributed by atoms with Crippen molar-refractivity contribution in [2.75, 3.05) is 6.54 Å². The van der Waals surface area contributed by atoms with Crippen LogP contribution >= 0.6 is 11.9 Å². The zero-order valence-electron chi connectivity index (χ0n) is 18.2. The van der Waals surface area contributed by atoms with Gasteiger partial charge in [-0.25, -0.2) is 4.79 Å². The fourth-order valence-electron chi connectivity index (χ4n) is 4.34. The zero-order chi connectivity index (χ0) is 23.2. The number of carboxylic acid groups (broad SMARTS) is 1. The van der Waals surface area contributed by atoms with Crippen LogP contribution in [0.25, 0.3) is 11.1 Å². The quantitative estimate of drug-likeness (QED) is 0.409. The molecular formula is C25H27N3O4S. The Balaban J connectivity index is 1.40. The standard InChI is InChI=1S/C25H27N3O4S/c29-16-26-22(25(31)32)15-20-14-21(27-33-20)23-7-4-12-28(23)24(30)13-17-8-10-19(11-9-17)18-5-2-1-3-6-18/h1-3,5-6,8-11,16,20,22,27H,4,7,12-15H2,(H,26,29)(H,31,32). The molecule has 2 fully saturated rings. The van der Waals surface area contributed by atoms with Crippen molar-refractivity contribution in [1.29, 1.82) is 0 Å². The number of amides is 2. The van der Waals surface area contributed by atoms with Gasteiger partial charge in [0.1, 0.15) is 6.04 Å². The third-order valence-corrected chi connectivity index (χ3v) is 7.09. The summed E-state index contributed by atoms with van der Waals surface area (Å²) in [5, 5.41) is 11.6. The van der Waals surface area contributed by atoms with E-state index in [1.54, 1.807) is 0 Å². The molecule has 2 atom stereocenters. The van der Waals surface area contributed by atoms with Crippen molar-refractivity contribution in [2.24, 2.45) is 0 Å². The normalized spacial score (nSPS) is 20.8. The lowest BCUT2D eigenvalue weighted by molar-refractivity contribution is -0.140. The lowest BCUT2D eigenvalue weighted by atomic mass is 10.0. The van der Waals surface area contributed by atoms with Crippen LogP contribution in [0.4, 0.5) is 0 Å². The topological polar surface area (TPSA) is 98.7 Å². The molecule has 2 unspecified atom stereocenters. The van der Waals surface area contributed by atoms with Gasteiger partial charge in [0.05, 0.1) is 6.42 Å². The fraction of sp³-hybridized carbons (Fsp3) is 0.320. The van der Waals surface area contributed by atoms with Crippen LogP contribution in [0.15, 0.2) is 66.0 Å². The molecule has 0 aromatic heterocycles. The van der Waals surface area contributed by atoms with E-state index in [9.17, 15) is 19.5 Å². The molecule has 2 heterocycles. The molecular weight excluding hydrogens is 438 g/mol. The van der Waals surface area contributed by atoms with Crippen LogP contribution in [-0.4, -0.2) is 46.1 Å². The molecule has 2 aromatic carbocycles. The van der Waals surface area contributed by atoms with Gasteiger partial charge < -0.3 is 20.0 Å². The lowest BCUT2D eigenvalue weighted by Crippen LogP contribution is -2.37. The van der Waals surface area contributed by atoms with Gasteiger partial charge in [0.25, 0.3) is 0 Å². The SMILES string of the molecule is O=CNC(CC1CC(=C2CCCN2C(=O)Cc2ccc(-c3ccccc3)cc2)NS1)C(=O)O. The summed E-state index contributed by atoms with van der Waals surface area (Å²) < 4.78 is 3.30. The Morgan fingerprint density at radius 1 is 1.15 bits per heavy atom. The van der Waals surface area contributed by atoms with Crippen molar-refractivity contribution in [3.63, 3.8) is 0 Å². The van der Waals surface area contributed by atoms with E-state index < -0.39 is 12.0 Å². The van der Waals surface area contributed by atoms with Gasteiger partial charge in [-0.3, -0.25) is 9.59 Å². The second kappa shape index (κ2) is 10.6. The Hall–Kier alpha value is -3.26. The first-order chi connectivity index (χ1) is 16.0. The van der Waals surface area contributed by atoms with E-state index in [2.05, 4.69) is 22.2 Å². The largest absolute Gasteiger partial charge is 0.480 e. The third kappa shape index (κ3) is 5.57. The van der Waals surface area contributed by atoms with E-state index in [1.165, 1.54) is 11.9 Å². The molecule has 7 nitrogen and oxygen atoms in total. The Kier molecular flexibility index (Phi) is 7.34. The number of rotatable bonds is 8. The summed E-state index contributed by atoms with van der Waals surface area (Å²) in [7, 11) is 0. The van der Waals surface area contributed by atoms with Crippen molar-refractivity contribution >= 4 is 30.2 Å². The number of carbonyl (C=O) groups is 3. The minimum absolute atomic E-state index is 0.0177. The van der Waals surface area contributed by atoms with Gasteiger partial charge in [0, 0.05) is 29.6 Å². The molecule has 0 spiro atoms. The Bertz CT molecular complexity index is 1040. The van der Waals surface area contributed by atoms with Gasteiger partial charge in [0.15, 0.2) is 0 Å². The van der Waals surface area contributed by atoms with Gasteiger partial charge in [-0.15, -0.1) is 0 Å². The van der Waals surface area contributed by atoms with Crippen LogP contribution in [0.5, 0.6) is 0 Å². The molecule has 2 aliphatic rings. The maximum atomic E-state index is 13.1. The van der Waals surface area contributed by atoms with E-state index in [0.717, 1.165) is 40.9 Å². The average Bonchev–Trinajstić information content (AvgIpc) is 3.49. The Morgan fingerprint density at radius 3 is 2.58 bits per heavy atom. The summed E-state index contributed by atoms with van der Waals surface area (Å²) in [6.45, 7) is 0.696.